The molecule has 0 aliphatic rings. The van der Waals surface area contributed by atoms with Gasteiger partial charge in [0.15, 0.2) is 0 Å². The topological polar surface area (TPSA) is 38.7 Å². The maximum absolute atomic E-state index is 12.6. The Balaban J connectivity index is 1.93. The molecule has 29 heavy (non-hydrogen) atoms. The van der Waals surface area contributed by atoms with Crippen LogP contribution in [0, 0.1) is 6.57 Å². The van der Waals surface area contributed by atoms with E-state index in [0.29, 0.717) is 11.3 Å². The zero-order valence-electron chi connectivity index (χ0n) is 16.7. The fourth-order valence-electron chi connectivity index (χ4n) is 3.48. The number of rotatable bonds is 2. The maximum Gasteiger partial charge on any atom is 0.254 e. The highest BCUT2D eigenvalue weighted by Gasteiger charge is 2.22. The Morgan fingerprint density at radius 3 is 2.28 bits per heavy atom. The molecule has 0 radical (unpaired) electrons. The lowest BCUT2D eigenvalue weighted by Crippen LogP contribution is -2.20. The second kappa shape index (κ2) is 7.03. The molecule has 142 valence electrons. The van der Waals surface area contributed by atoms with Gasteiger partial charge in [0, 0.05) is 11.8 Å². The average Bonchev–Trinajstić information content (AvgIpc) is 2.73. The van der Waals surface area contributed by atoms with E-state index in [2.05, 4.69) is 29.1 Å². The summed E-state index contributed by atoms with van der Waals surface area (Å²) in [4.78, 5) is 21.1. The molecule has 0 N–H and O–H groups in total. The molecule has 0 spiro atoms. The molecule has 0 amide bonds. The van der Waals surface area contributed by atoms with Gasteiger partial charge in [-0.3, -0.25) is 9.20 Å². The summed E-state index contributed by atoms with van der Waals surface area (Å²) in [5.74, 6) is 0. The van der Waals surface area contributed by atoms with Crippen molar-refractivity contribution in [2.75, 3.05) is 0 Å². The molecule has 2 heterocycles. The third kappa shape index (κ3) is 3.43. The molecular formula is C25H21N3O. The molecule has 0 fully saturated rings. The van der Waals surface area contributed by atoms with Crippen LogP contribution in [0.2, 0.25) is 0 Å². The molecule has 0 unspecified atom stereocenters. The predicted octanol–water partition coefficient (Wildman–Crippen LogP) is 5.88. The molecule has 2 aromatic heterocycles. The maximum atomic E-state index is 12.6. The van der Waals surface area contributed by atoms with E-state index in [1.165, 1.54) is 4.40 Å². The monoisotopic (exact) mass is 379 g/mol. The Morgan fingerprint density at radius 1 is 0.897 bits per heavy atom. The number of hydrogen-bond acceptors (Lipinski definition) is 2. The van der Waals surface area contributed by atoms with Crippen LogP contribution in [-0.2, 0) is 5.41 Å². The van der Waals surface area contributed by atoms with E-state index >= 15 is 0 Å². The van der Waals surface area contributed by atoms with Gasteiger partial charge in [0.25, 0.3) is 5.56 Å². The number of benzene rings is 2. The van der Waals surface area contributed by atoms with Gasteiger partial charge in [0.05, 0.1) is 12.3 Å². The molecule has 4 rings (SSSR count). The van der Waals surface area contributed by atoms with Crippen molar-refractivity contribution in [1.82, 2.24) is 9.38 Å². The van der Waals surface area contributed by atoms with E-state index in [1.807, 2.05) is 57.2 Å². The van der Waals surface area contributed by atoms with Crippen molar-refractivity contribution in [1.29, 1.82) is 0 Å². The van der Waals surface area contributed by atoms with Crippen molar-refractivity contribution in [3.8, 4) is 22.4 Å². The fraction of sp³-hybridized carbons (Fsp3) is 0.160. The number of aromatic nitrogens is 2. The summed E-state index contributed by atoms with van der Waals surface area (Å²) in [7, 11) is 0. The van der Waals surface area contributed by atoms with E-state index in [1.54, 1.807) is 12.3 Å². The van der Waals surface area contributed by atoms with E-state index in [0.717, 1.165) is 27.9 Å². The Kier molecular flexibility index (Phi) is 4.52. The second-order valence-corrected chi connectivity index (χ2v) is 8.06. The highest BCUT2D eigenvalue weighted by Crippen LogP contribution is 2.34. The van der Waals surface area contributed by atoms with Crippen LogP contribution >= 0.6 is 0 Å². The largest absolute Gasteiger partial charge is 0.277 e. The standard InChI is InChI=1S/C25H21N3O/c1-25(2,3)20-16-22(29)28-14-13-21(27-24(28)23(20)26-4)19-12-8-11-18(15-19)17-9-6-5-7-10-17/h5-16H,1-3H3. The Bertz CT molecular complexity index is 1310. The minimum Gasteiger partial charge on any atom is -0.277 e. The fourth-order valence-corrected chi connectivity index (χ4v) is 3.48. The third-order valence-corrected chi connectivity index (χ3v) is 4.99. The van der Waals surface area contributed by atoms with Crippen molar-refractivity contribution < 1.29 is 0 Å². The molecule has 4 aromatic rings. The van der Waals surface area contributed by atoms with Crippen LogP contribution in [0.3, 0.4) is 0 Å². The molecule has 0 saturated heterocycles. The number of pyridine rings is 1. The smallest absolute Gasteiger partial charge is 0.254 e. The van der Waals surface area contributed by atoms with E-state index in [-0.39, 0.29) is 11.0 Å². The van der Waals surface area contributed by atoms with Crippen LogP contribution in [0.25, 0.3) is 32.9 Å². The summed E-state index contributed by atoms with van der Waals surface area (Å²) in [5.41, 5.74) is 4.96. The highest BCUT2D eigenvalue weighted by atomic mass is 16.1. The van der Waals surface area contributed by atoms with Gasteiger partial charge in [-0.2, -0.15) is 0 Å². The first-order chi connectivity index (χ1) is 13.9. The molecule has 4 nitrogen and oxygen atoms in total. The highest BCUT2D eigenvalue weighted by molar-refractivity contribution is 5.77. The van der Waals surface area contributed by atoms with Crippen LogP contribution in [0.1, 0.15) is 26.3 Å². The van der Waals surface area contributed by atoms with Crippen LogP contribution in [0.4, 0.5) is 5.69 Å². The normalized spacial score (nSPS) is 11.4. The van der Waals surface area contributed by atoms with Gasteiger partial charge in [0.2, 0.25) is 5.69 Å². The quantitative estimate of drug-likeness (QED) is 0.408. The zero-order valence-corrected chi connectivity index (χ0v) is 16.7. The summed E-state index contributed by atoms with van der Waals surface area (Å²) < 4.78 is 1.45. The first kappa shape index (κ1) is 18.6. The Hall–Kier alpha value is -3.71. The summed E-state index contributed by atoms with van der Waals surface area (Å²) in [6, 6.07) is 21.7. The lowest BCUT2D eigenvalue weighted by Gasteiger charge is -2.21. The van der Waals surface area contributed by atoms with E-state index in [4.69, 9.17) is 11.6 Å². The molecule has 0 aliphatic heterocycles. The molecule has 0 bridgehead atoms. The lowest BCUT2D eigenvalue weighted by molar-refractivity contribution is 0.591. The van der Waals surface area contributed by atoms with Gasteiger partial charge in [-0.25, -0.2) is 9.83 Å². The van der Waals surface area contributed by atoms with Gasteiger partial charge >= 0.3 is 0 Å². The molecule has 2 aromatic carbocycles. The average molecular weight is 379 g/mol. The molecule has 4 heteroatoms. The van der Waals surface area contributed by atoms with Crippen LogP contribution < -0.4 is 5.56 Å². The number of hydrogen-bond donors (Lipinski definition) is 0. The van der Waals surface area contributed by atoms with Crippen molar-refractivity contribution in [2.45, 2.75) is 26.2 Å². The Labute approximate surface area is 169 Å². The van der Waals surface area contributed by atoms with Crippen LogP contribution in [0.15, 0.2) is 77.7 Å². The van der Waals surface area contributed by atoms with Crippen molar-refractivity contribution in [3.05, 3.63) is 100 Å². The minimum atomic E-state index is -0.321. The zero-order chi connectivity index (χ0) is 20.6. The molecule has 0 saturated carbocycles. The number of fused-ring (bicyclic) bond motifs is 1. The van der Waals surface area contributed by atoms with Gasteiger partial charge in [-0.1, -0.05) is 69.3 Å². The van der Waals surface area contributed by atoms with Crippen molar-refractivity contribution >= 4 is 11.3 Å². The van der Waals surface area contributed by atoms with Gasteiger partial charge in [-0.15, -0.1) is 0 Å². The first-order valence-corrected chi connectivity index (χ1v) is 9.49. The third-order valence-electron chi connectivity index (χ3n) is 4.99. The minimum absolute atomic E-state index is 0.172. The van der Waals surface area contributed by atoms with Gasteiger partial charge in [0.1, 0.15) is 5.65 Å². The number of nitrogens with zero attached hydrogens (tertiary/aromatic N) is 3. The predicted molar refractivity (Wildman–Crippen MR) is 117 cm³/mol. The summed E-state index contributed by atoms with van der Waals surface area (Å²) in [5, 5.41) is 0. The van der Waals surface area contributed by atoms with Crippen molar-refractivity contribution in [3.63, 3.8) is 0 Å². The molecule has 0 atom stereocenters. The SMILES string of the molecule is [C-]#[N+]c1c(C(C)(C)C)cc(=O)n2ccc(-c3cccc(-c4ccccc4)c3)nc12. The molecule has 0 aliphatic carbocycles. The van der Waals surface area contributed by atoms with Gasteiger partial charge < -0.3 is 0 Å². The lowest BCUT2D eigenvalue weighted by atomic mass is 9.86. The van der Waals surface area contributed by atoms with Crippen LogP contribution in [-0.4, -0.2) is 9.38 Å². The van der Waals surface area contributed by atoms with Crippen LogP contribution in [0.5, 0.6) is 0 Å². The second-order valence-electron chi connectivity index (χ2n) is 8.06. The van der Waals surface area contributed by atoms with E-state index < -0.39 is 0 Å². The summed E-state index contributed by atoms with van der Waals surface area (Å²) in [6.45, 7) is 13.7. The van der Waals surface area contributed by atoms with Crippen molar-refractivity contribution in [2.24, 2.45) is 0 Å². The van der Waals surface area contributed by atoms with Gasteiger partial charge in [-0.05, 0) is 40.3 Å². The van der Waals surface area contributed by atoms with E-state index in [9.17, 15) is 4.79 Å². The summed E-state index contributed by atoms with van der Waals surface area (Å²) in [6.07, 6.45) is 1.70. The summed E-state index contributed by atoms with van der Waals surface area (Å²) >= 11 is 0. The molecular weight excluding hydrogens is 358 g/mol. The Morgan fingerprint density at radius 2 is 1.59 bits per heavy atom. The first-order valence-electron chi connectivity index (χ1n) is 9.49.